The molecule has 1 aromatic carbocycles. The number of benzene rings is 1. The van der Waals surface area contributed by atoms with Gasteiger partial charge < -0.3 is 4.52 Å². The monoisotopic (exact) mass is 303 g/mol. The molecule has 0 N–H and O–H groups in total. The fraction of sp³-hybridized carbons (Fsp3) is 0.308. The molecule has 0 amide bonds. The minimum Gasteiger partial charge on any atom is -0.339 e. The molecule has 18 heavy (non-hydrogen) atoms. The van der Waals surface area contributed by atoms with Crippen LogP contribution >= 0.6 is 15.9 Å². The number of nitrogens with zero attached hydrogens (tertiary/aromatic N) is 3. The molecule has 0 radical (unpaired) electrons. The van der Waals surface area contributed by atoms with Gasteiger partial charge in [-0.2, -0.15) is 10.2 Å². The first-order valence-corrected chi connectivity index (χ1v) is 6.48. The van der Waals surface area contributed by atoms with Gasteiger partial charge in [-0.1, -0.05) is 27.2 Å². The summed E-state index contributed by atoms with van der Waals surface area (Å²) in [6, 6.07) is 8.20. The smallest absolute Gasteiger partial charge is 0.231 e. The third-order valence-corrected chi connectivity index (χ3v) is 3.74. The second kappa shape index (κ2) is 4.21. The Kier molecular flexibility index (Phi) is 2.67. The van der Waals surface area contributed by atoms with E-state index in [1.807, 2.05) is 25.1 Å². The van der Waals surface area contributed by atoms with Gasteiger partial charge in [-0.05, 0) is 31.0 Å². The van der Waals surface area contributed by atoms with Gasteiger partial charge in [-0.15, -0.1) is 0 Å². The zero-order valence-electron chi connectivity index (χ0n) is 9.72. The van der Waals surface area contributed by atoms with E-state index in [9.17, 15) is 0 Å². The Morgan fingerprint density at radius 3 is 3.00 bits per heavy atom. The van der Waals surface area contributed by atoms with Crippen molar-refractivity contribution in [2.45, 2.75) is 19.3 Å². The van der Waals surface area contributed by atoms with Crippen molar-refractivity contribution in [3.63, 3.8) is 0 Å². The van der Waals surface area contributed by atoms with E-state index in [4.69, 9.17) is 9.78 Å². The molecule has 1 aromatic heterocycles. The zero-order valence-corrected chi connectivity index (χ0v) is 11.3. The molecule has 0 bridgehead atoms. The normalized spacial score (nSPS) is 21.6. The van der Waals surface area contributed by atoms with Gasteiger partial charge in [0.1, 0.15) is 0 Å². The fourth-order valence-electron chi connectivity index (χ4n) is 1.91. The topological polar surface area (TPSA) is 62.7 Å². The Labute approximate surface area is 113 Å². The van der Waals surface area contributed by atoms with Gasteiger partial charge in [0.05, 0.1) is 17.9 Å². The summed E-state index contributed by atoms with van der Waals surface area (Å²) < 4.78 is 6.17. The van der Waals surface area contributed by atoms with E-state index < -0.39 is 0 Å². The Morgan fingerprint density at radius 1 is 1.50 bits per heavy atom. The maximum absolute atomic E-state index is 8.79. The van der Waals surface area contributed by atoms with Crippen molar-refractivity contribution in [2.75, 3.05) is 0 Å². The maximum atomic E-state index is 8.79. The van der Waals surface area contributed by atoms with Crippen molar-refractivity contribution >= 4 is 15.9 Å². The van der Waals surface area contributed by atoms with Gasteiger partial charge in [-0.25, -0.2) is 0 Å². The van der Waals surface area contributed by atoms with Crippen LogP contribution in [-0.2, 0) is 0 Å². The molecule has 0 spiro atoms. The molecule has 0 aliphatic heterocycles. The summed E-state index contributed by atoms with van der Waals surface area (Å²) in [5.74, 6) is 1.31. The third kappa shape index (κ3) is 1.93. The first-order valence-electron chi connectivity index (χ1n) is 5.69. The van der Waals surface area contributed by atoms with Crippen LogP contribution in [0.2, 0.25) is 0 Å². The molecule has 90 valence electrons. The summed E-state index contributed by atoms with van der Waals surface area (Å²) >= 11 is 3.50. The lowest BCUT2D eigenvalue weighted by atomic mass is 10.1. The molecule has 3 rings (SSSR count). The highest BCUT2D eigenvalue weighted by Crippen LogP contribution is 2.46. The molecule has 2 aromatic rings. The summed E-state index contributed by atoms with van der Waals surface area (Å²) in [5.41, 5.74) is 2.07. The van der Waals surface area contributed by atoms with Crippen molar-refractivity contribution < 1.29 is 4.52 Å². The molecule has 1 aliphatic rings. The van der Waals surface area contributed by atoms with E-state index >= 15 is 0 Å². The summed E-state index contributed by atoms with van der Waals surface area (Å²) in [6.45, 7) is 2.03. The molecule has 0 saturated heterocycles. The molecular weight excluding hydrogens is 294 g/mol. The van der Waals surface area contributed by atoms with E-state index in [1.54, 1.807) is 0 Å². The maximum Gasteiger partial charge on any atom is 0.231 e. The average Bonchev–Trinajstić information content (AvgIpc) is 2.99. The van der Waals surface area contributed by atoms with Gasteiger partial charge in [0, 0.05) is 10.0 Å². The Balaban J connectivity index is 1.92. The number of hydrogen-bond donors (Lipinski definition) is 0. The number of nitriles is 1. The van der Waals surface area contributed by atoms with Crippen molar-refractivity contribution in [1.29, 1.82) is 5.26 Å². The molecule has 1 fully saturated rings. The number of hydrogen-bond acceptors (Lipinski definition) is 4. The van der Waals surface area contributed by atoms with Crippen molar-refractivity contribution in [3.05, 3.63) is 34.1 Å². The van der Waals surface area contributed by atoms with Crippen LogP contribution in [0.25, 0.3) is 11.4 Å². The molecule has 1 saturated carbocycles. The average molecular weight is 304 g/mol. The van der Waals surface area contributed by atoms with Crippen LogP contribution in [0.3, 0.4) is 0 Å². The van der Waals surface area contributed by atoms with E-state index in [1.165, 1.54) is 5.56 Å². The Hall–Kier alpha value is -1.67. The minimum absolute atomic E-state index is 0.0414. The largest absolute Gasteiger partial charge is 0.339 e. The zero-order chi connectivity index (χ0) is 12.7. The Bertz CT molecular complexity index is 644. The predicted molar refractivity (Wildman–Crippen MR) is 68.6 cm³/mol. The molecule has 5 heteroatoms. The highest BCUT2D eigenvalue weighted by atomic mass is 79.9. The SMILES string of the molecule is Cc1ccc(-c2noc(C3CC3C#N)n2)c(Br)c1. The van der Waals surface area contributed by atoms with E-state index in [0.29, 0.717) is 11.7 Å². The van der Waals surface area contributed by atoms with Crippen LogP contribution in [-0.4, -0.2) is 10.1 Å². The van der Waals surface area contributed by atoms with Crippen LogP contribution < -0.4 is 0 Å². The summed E-state index contributed by atoms with van der Waals surface area (Å²) in [5, 5.41) is 12.8. The van der Waals surface area contributed by atoms with Crippen LogP contribution in [0.15, 0.2) is 27.2 Å². The lowest BCUT2D eigenvalue weighted by Crippen LogP contribution is -1.85. The van der Waals surface area contributed by atoms with Crippen LogP contribution in [0.4, 0.5) is 0 Å². The van der Waals surface area contributed by atoms with Crippen molar-refractivity contribution in [3.8, 4) is 17.5 Å². The van der Waals surface area contributed by atoms with E-state index in [-0.39, 0.29) is 11.8 Å². The summed E-state index contributed by atoms with van der Waals surface area (Å²) in [7, 11) is 0. The number of rotatable bonds is 2. The summed E-state index contributed by atoms with van der Waals surface area (Å²) in [6.07, 6.45) is 0.827. The van der Waals surface area contributed by atoms with E-state index in [2.05, 4.69) is 32.1 Å². The van der Waals surface area contributed by atoms with Crippen LogP contribution in [0.5, 0.6) is 0 Å². The highest BCUT2D eigenvalue weighted by molar-refractivity contribution is 9.10. The van der Waals surface area contributed by atoms with Gasteiger partial charge in [0.15, 0.2) is 0 Å². The molecule has 2 unspecified atom stereocenters. The van der Waals surface area contributed by atoms with Gasteiger partial charge in [-0.3, -0.25) is 0 Å². The minimum atomic E-state index is 0.0414. The molecule has 1 heterocycles. The van der Waals surface area contributed by atoms with Crippen LogP contribution in [0, 0.1) is 24.2 Å². The highest BCUT2D eigenvalue weighted by Gasteiger charge is 2.43. The van der Waals surface area contributed by atoms with Crippen molar-refractivity contribution in [1.82, 2.24) is 10.1 Å². The van der Waals surface area contributed by atoms with Gasteiger partial charge in [0.2, 0.25) is 11.7 Å². The summed E-state index contributed by atoms with van der Waals surface area (Å²) in [4.78, 5) is 4.37. The number of aromatic nitrogens is 2. The van der Waals surface area contributed by atoms with Gasteiger partial charge in [0.25, 0.3) is 0 Å². The lowest BCUT2D eigenvalue weighted by Gasteiger charge is -1.99. The van der Waals surface area contributed by atoms with Gasteiger partial charge >= 0.3 is 0 Å². The molecule has 2 atom stereocenters. The quantitative estimate of drug-likeness (QED) is 0.852. The Morgan fingerprint density at radius 2 is 2.33 bits per heavy atom. The number of halogens is 1. The van der Waals surface area contributed by atoms with Crippen LogP contribution in [0.1, 0.15) is 23.8 Å². The van der Waals surface area contributed by atoms with E-state index in [0.717, 1.165) is 16.5 Å². The molecular formula is C13H10BrN3O. The lowest BCUT2D eigenvalue weighted by molar-refractivity contribution is 0.378. The second-order valence-corrected chi connectivity index (χ2v) is 5.37. The number of aryl methyl sites for hydroxylation is 1. The third-order valence-electron chi connectivity index (χ3n) is 3.08. The first kappa shape index (κ1) is 11.4. The fourth-order valence-corrected chi connectivity index (χ4v) is 2.58. The molecule has 4 nitrogen and oxygen atoms in total. The van der Waals surface area contributed by atoms with Crippen molar-refractivity contribution in [2.24, 2.45) is 5.92 Å². The standard InChI is InChI=1S/C13H10BrN3O/c1-7-2-3-9(11(14)4-7)12-16-13(18-17-12)10-5-8(10)6-15/h2-4,8,10H,5H2,1H3. The predicted octanol–water partition coefficient (Wildman–Crippen LogP) is 3.43. The molecule has 1 aliphatic carbocycles. The first-order chi connectivity index (χ1) is 8.69. The second-order valence-electron chi connectivity index (χ2n) is 4.52.